The van der Waals surface area contributed by atoms with Crippen LogP contribution in [0.15, 0.2) is 0 Å². The summed E-state index contributed by atoms with van der Waals surface area (Å²) in [7, 11) is 1.25. The number of aliphatic carboxylic acids is 1. The Balaban J connectivity index is 0.00000144. The maximum Gasteiger partial charge on any atom is 1.00 e. The number of carboxylic acid groups (broad SMARTS) is 1. The first-order valence-corrected chi connectivity index (χ1v) is 3.68. The Kier molecular flexibility index (Phi) is 3.58. The number of esters is 1. The minimum atomic E-state index is -1.18. The fourth-order valence-electron chi connectivity index (χ4n) is 1.48. The fourth-order valence-corrected chi connectivity index (χ4v) is 1.48. The van der Waals surface area contributed by atoms with Gasteiger partial charge < -0.3 is 14.6 Å². The van der Waals surface area contributed by atoms with Crippen molar-refractivity contribution in [3.05, 3.63) is 0 Å². The maximum atomic E-state index is 11.1. The van der Waals surface area contributed by atoms with Crippen LogP contribution < -0.4 is 34.7 Å². The van der Waals surface area contributed by atoms with Gasteiger partial charge in [0.05, 0.1) is 12.5 Å². The summed E-state index contributed by atoms with van der Waals surface area (Å²) in [4.78, 5) is 21.7. The van der Waals surface area contributed by atoms with Gasteiger partial charge in [0.1, 0.15) is 0 Å². The van der Waals surface area contributed by atoms with Crippen LogP contribution in [0, 0.1) is 10.8 Å². The van der Waals surface area contributed by atoms with Crippen LogP contribution >= 0.6 is 0 Å². The maximum absolute atomic E-state index is 11.1. The summed E-state index contributed by atoms with van der Waals surface area (Å²) in [6.07, 6.45) is 0.301. The summed E-state index contributed by atoms with van der Waals surface area (Å²) >= 11 is 0. The minimum absolute atomic E-state index is 0. The van der Waals surface area contributed by atoms with Crippen molar-refractivity contribution in [1.29, 1.82) is 0 Å². The molecule has 1 fully saturated rings. The van der Waals surface area contributed by atoms with Crippen LogP contribution in [0.3, 0.4) is 0 Å². The second-order valence-electron chi connectivity index (χ2n) is 3.62. The molecule has 1 aliphatic carbocycles. The van der Waals surface area contributed by atoms with Crippen molar-refractivity contribution < 1.29 is 49.0 Å². The number of carboxylic acids is 1. The molecule has 0 aromatic heterocycles. The van der Waals surface area contributed by atoms with E-state index in [-0.39, 0.29) is 29.6 Å². The molecule has 0 heterocycles. The van der Waals surface area contributed by atoms with E-state index in [1.165, 1.54) is 14.0 Å². The van der Waals surface area contributed by atoms with Gasteiger partial charge in [0.15, 0.2) is 0 Å². The summed E-state index contributed by atoms with van der Waals surface area (Å²) in [6, 6.07) is 0. The van der Waals surface area contributed by atoms with Crippen LogP contribution in [-0.2, 0) is 14.3 Å². The quantitative estimate of drug-likeness (QED) is 0.335. The van der Waals surface area contributed by atoms with E-state index >= 15 is 0 Å². The Bertz CT molecular complexity index is 253. The zero-order chi connectivity index (χ0) is 9.57. The molecule has 0 radical (unpaired) electrons. The molecule has 13 heavy (non-hydrogen) atoms. The van der Waals surface area contributed by atoms with Gasteiger partial charge in [0, 0.05) is 11.4 Å². The number of carbonyl (C=O) groups is 2. The van der Waals surface area contributed by atoms with E-state index in [1.807, 2.05) is 0 Å². The molecule has 1 saturated carbocycles. The summed E-state index contributed by atoms with van der Waals surface area (Å²) in [5.41, 5.74) is -1.93. The molecule has 0 aliphatic heterocycles. The molecule has 68 valence electrons. The summed E-state index contributed by atoms with van der Waals surface area (Å²) in [6.45, 7) is 3.08. The van der Waals surface area contributed by atoms with Crippen LogP contribution in [0.2, 0.25) is 0 Å². The van der Waals surface area contributed by atoms with Gasteiger partial charge in [-0.3, -0.25) is 4.79 Å². The molecule has 0 amide bonds. The Morgan fingerprint density at radius 3 is 2.00 bits per heavy atom. The van der Waals surface area contributed by atoms with Crippen molar-refractivity contribution in [3.63, 3.8) is 0 Å². The number of methoxy groups -OCH3 is 1. The van der Waals surface area contributed by atoms with Gasteiger partial charge in [0.25, 0.3) is 0 Å². The molecule has 1 rings (SSSR count). The first-order valence-electron chi connectivity index (χ1n) is 3.68. The molecule has 0 spiro atoms. The third kappa shape index (κ3) is 1.63. The fraction of sp³-hybridized carbons (Fsp3) is 0.750. The van der Waals surface area contributed by atoms with Gasteiger partial charge in [-0.2, -0.15) is 0 Å². The SMILES string of the molecule is COC(=O)C1(C)CC1(C)C(=O)[O-].[Na+]. The predicted octanol–water partition coefficient (Wildman–Crippen LogP) is -3.67. The van der Waals surface area contributed by atoms with E-state index in [4.69, 9.17) is 0 Å². The number of hydrogen-bond acceptors (Lipinski definition) is 4. The summed E-state index contributed by atoms with van der Waals surface area (Å²) < 4.78 is 4.49. The second-order valence-corrected chi connectivity index (χ2v) is 3.62. The van der Waals surface area contributed by atoms with E-state index in [2.05, 4.69) is 4.74 Å². The van der Waals surface area contributed by atoms with Crippen LogP contribution in [0.4, 0.5) is 0 Å². The average molecular weight is 194 g/mol. The molecule has 2 atom stereocenters. The number of rotatable bonds is 2. The van der Waals surface area contributed by atoms with E-state index in [0.717, 1.165) is 0 Å². The third-order valence-electron chi connectivity index (χ3n) is 2.89. The molecule has 0 aromatic rings. The number of carbonyl (C=O) groups excluding carboxylic acids is 2. The van der Waals surface area contributed by atoms with Gasteiger partial charge in [-0.1, -0.05) is 6.92 Å². The molecular formula is C8H11NaO4. The number of ether oxygens (including phenoxy) is 1. The van der Waals surface area contributed by atoms with Crippen molar-refractivity contribution >= 4 is 11.9 Å². The topological polar surface area (TPSA) is 66.4 Å². The Morgan fingerprint density at radius 2 is 1.77 bits per heavy atom. The Morgan fingerprint density at radius 1 is 1.31 bits per heavy atom. The van der Waals surface area contributed by atoms with Crippen LogP contribution in [0.25, 0.3) is 0 Å². The van der Waals surface area contributed by atoms with E-state index < -0.39 is 22.8 Å². The normalized spacial score (nSPS) is 35.9. The summed E-state index contributed by atoms with van der Waals surface area (Å²) in [5, 5.41) is 10.6. The van der Waals surface area contributed by atoms with E-state index in [1.54, 1.807) is 6.92 Å². The predicted molar refractivity (Wildman–Crippen MR) is 37.9 cm³/mol. The molecule has 0 N–H and O–H groups in total. The van der Waals surface area contributed by atoms with Crippen molar-refractivity contribution in [2.24, 2.45) is 10.8 Å². The average Bonchev–Trinajstić information content (AvgIpc) is 2.56. The van der Waals surface area contributed by atoms with Crippen LogP contribution in [-0.4, -0.2) is 19.0 Å². The largest absolute Gasteiger partial charge is 1.00 e. The van der Waals surface area contributed by atoms with Crippen molar-refractivity contribution in [3.8, 4) is 0 Å². The molecule has 0 aromatic carbocycles. The van der Waals surface area contributed by atoms with Gasteiger partial charge in [-0.25, -0.2) is 0 Å². The van der Waals surface area contributed by atoms with Gasteiger partial charge >= 0.3 is 35.5 Å². The smallest absolute Gasteiger partial charge is 0.550 e. The van der Waals surface area contributed by atoms with Crippen LogP contribution in [0.1, 0.15) is 20.3 Å². The van der Waals surface area contributed by atoms with Gasteiger partial charge in [-0.15, -0.1) is 0 Å². The monoisotopic (exact) mass is 194 g/mol. The molecule has 2 unspecified atom stereocenters. The second kappa shape index (κ2) is 3.59. The van der Waals surface area contributed by atoms with Crippen molar-refractivity contribution in [1.82, 2.24) is 0 Å². The molecule has 4 nitrogen and oxygen atoms in total. The molecular weight excluding hydrogens is 183 g/mol. The van der Waals surface area contributed by atoms with Crippen molar-refractivity contribution in [2.75, 3.05) is 7.11 Å². The molecule has 5 heteroatoms. The standard InChI is InChI=1S/C8H12O4.Na/c1-7(5(9)10)4-8(7,2)6(11)12-3;/h4H2,1-3H3,(H,9,10);/q;+1/p-1. The van der Waals surface area contributed by atoms with Crippen molar-refractivity contribution in [2.45, 2.75) is 20.3 Å². The molecule has 0 bridgehead atoms. The summed E-state index contributed by atoms with van der Waals surface area (Å²) in [5.74, 6) is -1.66. The first-order chi connectivity index (χ1) is 5.38. The van der Waals surface area contributed by atoms with Crippen LogP contribution in [0.5, 0.6) is 0 Å². The van der Waals surface area contributed by atoms with Gasteiger partial charge in [0.2, 0.25) is 0 Å². The van der Waals surface area contributed by atoms with E-state index in [9.17, 15) is 14.7 Å². The Hall–Kier alpha value is -0.0600. The Labute approximate surface area is 98.9 Å². The number of hydrogen-bond donors (Lipinski definition) is 0. The zero-order valence-electron chi connectivity index (χ0n) is 8.34. The molecule has 0 saturated heterocycles. The zero-order valence-corrected chi connectivity index (χ0v) is 10.3. The first kappa shape index (κ1) is 12.9. The van der Waals surface area contributed by atoms with E-state index in [0.29, 0.717) is 6.42 Å². The molecule has 1 aliphatic rings. The third-order valence-corrected chi connectivity index (χ3v) is 2.89. The minimum Gasteiger partial charge on any atom is -0.550 e. The van der Waals surface area contributed by atoms with Gasteiger partial charge in [-0.05, 0) is 13.3 Å².